The zero-order chi connectivity index (χ0) is 4.41. The van der Waals surface area contributed by atoms with Crippen molar-refractivity contribution < 1.29 is 0 Å². The van der Waals surface area contributed by atoms with Crippen molar-refractivity contribution >= 4 is 0 Å². The van der Waals surface area contributed by atoms with E-state index in [4.69, 9.17) is 0 Å². The quantitative estimate of drug-likeness (QED) is 0.424. The molecule has 0 radical (unpaired) electrons. The van der Waals surface area contributed by atoms with E-state index < -0.39 is 0 Å². The molecule has 0 unspecified atom stereocenters. The van der Waals surface area contributed by atoms with Gasteiger partial charge in [-0.25, -0.2) is 0 Å². The molecule has 0 saturated carbocycles. The van der Waals surface area contributed by atoms with E-state index in [9.17, 15) is 0 Å². The van der Waals surface area contributed by atoms with E-state index in [1.54, 1.807) is 0 Å². The smallest absolute Gasteiger partial charge is 0.0349 e. The third-order valence-corrected chi connectivity index (χ3v) is 0.842. The lowest BCUT2D eigenvalue weighted by Crippen LogP contribution is -1.75. The summed E-state index contributed by atoms with van der Waals surface area (Å²) >= 11 is 0. The van der Waals surface area contributed by atoms with Crippen molar-refractivity contribution in [3.63, 3.8) is 0 Å². The lowest BCUT2D eigenvalue weighted by molar-refractivity contribution is 0.771. The van der Waals surface area contributed by atoms with E-state index in [2.05, 4.69) is 17.2 Å². The minimum atomic E-state index is 1.27. The van der Waals surface area contributed by atoms with Crippen LogP contribution >= 0.6 is 0 Å². The van der Waals surface area contributed by atoms with Gasteiger partial charge in [0, 0.05) is 13.1 Å². The van der Waals surface area contributed by atoms with Crippen molar-refractivity contribution in [2.24, 2.45) is 0 Å². The maximum Gasteiger partial charge on any atom is 0.0349 e. The van der Waals surface area contributed by atoms with Gasteiger partial charge in [0.1, 0.15) is 0 Å². The monoisotopic (exact) mass is 83.1 g/mol. The number of hydrogen-bond acceptors (Lipinski definition) is 1. The molecule has 0 atom stereocenters. The van der Waals surface area contributed by atoms with Crippen LogP contribution in [0.5, 0.6) is 0 Å². The van der Waals surface area contributed by atoms with Crippen LogP contribution in [-0.2, 0) is 0 Å². The average Bonchev–Trinajstić information content (AvgIpc) is 2.21. The van der Waals surface area contributed by atoms with Gasteiger partial charge in [-0.05, 0) is 13.1 Å². The Balaban J connectivity index is 2.15. The predicted octanol–water partition coefficient (Wildman–Crippen LogP) is 0.836. The van der Waals surface area contributed by atoms with Crippen molar-refractivity contribution in [3.8, 4) is 0 Å². The van der Waals surface area contributed by atoms with Crippen molar-refractivity contribution in [3.05, 3.63) is 12.3 Å². The summed E-state index contributed by atoms with van der Waals surface area (Å²) in [6.07, 6.45) is 4.17. The largest absolute Gasteiger partial charge is 0.374 e. The summed E-state index contributed by atoms with van der Waals surface area (Å²) in [6, 6.07) is 0. The molecule has 0 aliphatic carbocycles. The summed E-state index contributed by atoms with van der Waals surface area (Å²) in [4.78, 5) is 2.25. The SMILES string of the molecule is C/C=C/N1CC1. The minimum absolute atomic E-state index is 1.27. The van der Waals surface area contributed by atoms with Gasteiger partial charge < -0.3 is 4.90 Å². The van der Waals surface area contributed by atoms with Gasteiger partial charge in [0.25, 0.3) is 0 Å². The van der Waals surface area contributed by atoms with Crippen LogP contribution < -0.4 is 0 Å². The van der Waals surface area contributed by atoms with Gasteiger partial charge in [0.05, 0.1) is 0 Å². The van der Waals surface area contributed by atoms with Crippen molar-refractivity contribution in [2.45, 2.75) is 6.92 Å². The molecule has 0 N–H and O–H groups in total. The molecule has 1 heterocycles. The summed E-state index contributed by atoms with van der Waals surface area (Å²) in [6.45, 7) is 4.58. The fourth-order valence-electron chi connectivity index (χ4n) is 0.418. The van der Waals surface area contributed by atoms with Gasteiger partial charge in [-0.3, -0.25) is 0 Å². The Morgan fingerprint density at radius 3 is 2.33 bits per heavy atom. The van der Waals surface area contributed by atoms with Crippen LogP contribution in [0.25, 0.3) is 0 Å². The van der Waals surface area contributed by atoms with Crippen LogP contribution in [0.1, 0.15) is 6.92 Å². The van der Waals surface area contributed by atoms with E-state index in [-0.39, 0.29) is 0 Å². The van der Waals surface area contributed by atoms with E-state index in [1.165, 1.54) is 13.1 Å². The zero-order valence-corrected chi connectivity index (χ0v) is 4.02. The van der Waals surface area contributed by atoms with Gasteiger partial charge in [-0.2, -0.15) is 0 Å². The lowest BCUT2D eigenvalue weighted by atomic mass is 10.7. The third kappa shape index (κ3) is 0.744. The minimum Gasteiger partial charge on any atom is -0.374 e. The molecule has 1 rings (SSSR count). The van der Waals surface area contributed by atoms with Crippen LogP contribution in [0.3, 0.4) is 0 Å². The summed E-state index contributed by atoms with van der Waals surface area (Å²) in [5.41, 5.74) is 0. The normalized spacial score (nSPS) is 19.8. The molecule has 1 fully saturated rings. The van der Waals surface area contributed by atoms with Gasteiger partial charge >= 0.3 is 0 Å². The maximum atomic E-state index is 2.25. The maximum absolute atomic E-state index is 2.25. The van der Waals surface area contributed by atoms with Gasteiger partial charge in [-0.15, -0.1) is 0 Å². The Morgan fingerprint density at radius 1 is 1.50 bits per heavy atom. The first-order valence-corrected chi connectivity index (χ1v) is 2.30. The third-order valence-electron chi connectivity index (χ3n) is 0.842. The Bertz CT molecular complexity index is 62.3. The number of rotatable bonds is 1. The fraction of sp³-hybridized carbons (Fsp3) is 0.600. The second-order valence-corrected chi connectivity index (χ2v) is 1.52. The first-order valence-electron chi connectivity index (χ1n) is 2.30. The standard InChI is InChI=1S/C5H9N/c1-2-3-6-4-5-6/h2-3H,4-5H2,1H3/b3-2+. The number of allylic oxidation sites excluding steroid dienone is 1. The second kappa shape index (κ2) is 1.33. The molecule has 1 saturated heterocycles. The van der Waals surface area contributed by atoms with E-state index >= 15 is 0 Å². The van der Waals surface area contributed by atoms with Crippen LogP contribution in [-0.4, -0.2) is 18.0 Å². The Kier molecular flexibility index (Phi) is 0.825. The molecule has 0 aromatic carbocycles. The zero-order valence-electron chi connectivity index (χ0n) is 4.02. The molecule has 1 aliphatic rings. The summed E-state index contributed by atoms with van der Waals surface area (Å²) < 4.78 is 0. The van der Waals surface area contributed by atoms with Gasteiger partial charge in [0.15, 0.2) is 0 Å². The van der Waals surface area contributed by atoms with E-state index in [0.717, 1.165) is 0 Å². The Labute approximate surface area is 38.3 Å². The molecule has 1 nitrogen and oxygen atoms in total. The molecular weight excluding hydrogens is 74.1 g/mol. The highest BCUT2D eigenvalue weighted by molar-refractivity contribution is 4.87. The number of nitrogens with zero attached hydrogens (tertiary/aromatic N) is 1. The number of hydrogen-bond donors (Lipinski definition) is 0. The van der Waals surface area contributed by atoms with Crippen LogP contribution in [0.4, 0.5) is 0 Å². The van der Waals surface area contributed by atoms with Gasteiger partial charge in [-0.1, -0.05) is 6.08 Å². The first-order chi connectivity index (χ1) is 2.93. The molecule has 6 heavy (non-hydrogen) atoms. The van der Waals surface area contributed by atoms with Crippen LogP contribution in [0.2, 0.25) is 0 Å². The predicted molar refractivity (Wildman–Crippen MR) is 26.4 cm³/mol. The van der Waals surface area contributed by atoms with E-state index in [0.29, 0.717) is 0 Å². The molecule has 1 heteroatoms. The molecule has 0 aromatic rings. The highest BCUT2D eigenvalue weighted by Crippen LogP contribution is 2.01. The molecular formula is C5H9N. The van der Waals surface area contributed by atoms with E-state index in [1.807, 2.05) is 6.92 Å². The summed E-state index contributed by atoms with van der Waals surface area (Å²) in [5, 5.41) is 0. The van der Waals surface area contributed by atoms with Crippen molar-refractivity contribution in [1.29, 1.82) is 0 Å². The fourth-order valence-corrected chi connectivity index (χ4v) is 0.418. The molecule has 34 valence electrons. The first kappa shape index (κ1) is 3.72. The van der Waals surface area contributed by atoms with Crippen LogP contribution in [0.15, 0.2) is 12.3 Å². The second-order valence-electron chi connectivity index (χ2n) is 1.52. The lowest BCUT2D eigenvalue weighted by Gasteiger charge is -1.81. The van der Waals surface area contributed by atoms with Crippen molar-refractivity contribution in [1.82, 2.24) is 4.90 Å². The molecule has 0 bridgehead atoms. The summed E-state index contributed by atoms with van der Waals surface area (Å²) in [5.74, 6) is 0. The highest BCUT2D eigenvalue weighted by Gasteiger charge is 2.09. The molecule has 0 amide bonds. The van der Waals surface area contributed by atoms with Gasteiger partial charge in [0.2, 0.25) is 0 Å². The summed E-state index contributed by atoms with van der Waals surface area (Å²) in [7, 11) is 0. The molecule has 0 spiro atoms. The Hall–Kier alpha value is -0.460. The topological polar surface area (TPSA) is 3.01 Å². The average molecular weight is 83.1 g/mol. The molecule has 1 aliphatic heterocycles. The van der Waals surface area contributed by atoms with Crippen LogP contribution in [0, 0.1) is 0 Å². The van der Waals surface area contributed by atoms with Crippen molar-refractivity contribution in [2.75, 3.05) is 13.1 Å². The highest BCUT2D eigenvalue weighted by atomic mass is 15.2. The molecule has 0 aromatic heterocycles. The Morgan fingerprint density at radius 2 is 2.17 bits per heavy atom.